The van der Waals surface area contributed by atoms with E-state index < -0.39 is 0 Å². The van der Waals surface area contributed by atoms with Gasteiger partial charge in [0.05, 0.1) is 0 Å². The van der Waals surface area contributed by atoms with Crippen LogP contribution < -0.4 is 10.1 Å². The molecule has 2 nitrogen and oxygen atoms in total. The van der Waals surface area contributed by atoms with Gasteiger partial charge in [-0.3, -0.25) is 0 Å². The maximum atomic E-state index is 5.84. The third-order valence-corrected chi connectivity index (χ3v) is 4.08. The molecule has 3 rings (SSSR count). The second kappa shape index (κ2) is 6.46. The van der Waals surface area contributed by atoms with E-state index in [1.54, 1.807) is 0 Å². The summed E-state index contributed by atoms with van der Waals surface area (Å²) in [6.45, 7) is 2.97. The van der Waals surface area contributed by atoms with Gasteiger partial charge in [-0.2, -0.15) is 0 Å². The summed E-state index contributed by atoms with van der Waals surface area (Å²) in [6, 6.07) is 22.2. The molecule has 0 saturated heterocycles. The second-order valence-electron chi connectivity index (χ2n) is 4.81. The van der Waals surface area contributed by atoms with E-state index in [4.69, 9.17) is 4.74 Å². The van der Waals surface area contributed by atoms with E-state index in [1.807, 2.05) is 59.9 Å². The molecule has 0 aliphatic carbocycles. The average molecular weight is 295 g/mol. The van der Waals surface area contributed by atoms with Gasteiger partial charge in [0.25, 0.3) is 0 Å². The number of aryl methyl sites for hydroxylation is 1. The molecule has 3 aromatic rings. The number of nitrogens with one attached hydrogen (secondary N) is 1. The number of hydrogen-bond donors (Lipinski definition) is 1. The van der Waals surface area contributed by atoms with Crippen molar-refractivity contribution in [2.75, 3.05) is 5.32 Å². The Labute approximate surface area is 129 Å². The molecule has 0 atom stereocenters. The standard InChI is InChI=1S/C18H17NOS/c1-14-10-11-18(21-14)13-19-15-6-5-9-17(12-15)20-16-7-3-2-4-8-16/h2-12,19H,13H2,1H3. The van der Waals surface area contributed by atoms with E-state index >= 15 is 0 Å². The first-order chi connectivity index (χ1) is 10.3. The van der Waals surface area contributed by atoms with Gasteiger partial charge in [0.1, 0.15) is 11.5 Å². The first-order valence-electron chi connectivity index (χ1n) is 6.92. The Morgan fingerprint density at radius 3 is 2.48 bits per heavy atom. The van der Waals surface area contributed by atoms with Crippen LogP contribution in [-0.4, -0.2) is 0 Å². The van der Waals surface area contributed by atoms with Crippen LogP contribution in [0.3, 0.4) is 0 Å². The van der Waals surface area contributed by atoms with E-state index in [-0.39, 0.29) is 0 Å². The Morgan fingerprint density at radius 1 is 0.905 bits per heavy atom. The first kappa shape index (κ1) is 13.7. The molecule has 3 heteroatoms. The lowest BCUT2D eigenvalue weighted by Gasteiger charge is -2.09. The van der Waals surface area contributed by atoms with Crippen molar-refractivity contribution in [2.45, 2.75) is 13.5 Å². The largest absolute Gasteiger partial charge is 0.457 e. The predicted octanol–water partition coefficient (Wildman–Crippen LogP) is 5.46. The molecule has 1 heterocycles. The molecule has 0 amide bonds. The number of ether oxygens (including phenoxy) is 1. The van der Waals surface area contributed by atoms with Gasteiger partial charge in [0, 0.05) is 28.1 Å². The monoisotopic (exact) mass is 295 g/mol. The SMILES string of the molecule is Cc1ccc(CNc2cccc(Oc3ccccc3)c2)s1. The molecule has 0 unspecified atom stereocenters. The topological polar surface area (TPSA) is 21.3 Å². The molecule has 0 bridgehead atoms. The number of thiophene rings is 1. The summed E-state index contributed by atoms with van der Waals surface area (Å²) in [5.74, 6) is 1.69. The van der Waals surface area contributed by atoms with Crippen LogP contribution in [0.1, 0.15) is 9.75 Å². The third kappa shape index (κ3) is 3.86. The maximum Gasteiger partial charge on any atom is 0.129 e. The van der Waals surface area contributed by atoms with Crippen LogP contribution in [0, 0.1) is 6.92 Å². The van der Waals surface area contributed by atoms with Crippen molar-refractivity contribution < 1.29 is 4.74 Å². The Morgan fingerprint density at radius 2 is 1.71 bits per heavy atom. The summed E-state index contributed by atoms with van der Waals surface area (Å²) in [4.78, 5) is 2.68. The van der Waals surface area contributed by atoms with Gasteiger partial charge in [0.2, 0.25) is 0 Å². The number of hydrogen-bond acceptors (Lipinski definition) is 3. The minimum atomic E-state index is 0.841. The fourth-order valence-electron chi connectivity index (χ4n) is 2.06. The van der Waals surface area contributed by atoms with Crippen molar-refractivity contribution in [3.8, 4) is 11.5 Å². The zero-order chi connectivity index (χ0) is 14.5. The summed E-state index contributed by atoms with van der Waals surface area (Å²) < 4.78 is 5.84. The average Bonchev–Trinajstić information content (AvgIpc) is 2.92. The molecule has 0 saturated carbocycles. The fraction of sp³-hybridized carbons (Fsp3) is 0.111. The lowest BCUT2D eigenvalue weighted by atomic mass is 10.3. The second-order valence-corrected chi connectivity index (χ2v) is 6.18. The van der Waals surface area contributed by atoms with Crippen molar-refractivity contribution in [1.29, 1.82) is 0 Å². The predicted molar refractivity (Wildman–Crippen MR) is 89.3 cm³/mol. The molecule has 0 radical (unpaired) electrons. The van der Waals surface area contributed by atoms with Gasteiger partial charge in [-0.1, -0.05) is 24.3 Å². The summed E-state index contributed by atoms with van der Waals surface area (Å²) in [5, 5.41) is 3.43. The van der Waals surface area contributed by atoms with Crippen LogP contribution >= 0.6 is 11.3 Å². The minimum absolute atomic E-state index is 0.841. The van der Waals surface area contributed by atoms with Gasteiger partial charge in [-0.15, -0.1) is 11.3 Å². The van der Waals surface area contributed by atoms with Crippen LogP contribution in [-0.2, 0) is 6.54 Å². The lowest BCUT2D eigenvalue weighted by Crippen LogP contribution is -1.97. The normalized spacial score (nSPS) is 10.3. The van der Waals surface area contributed by atoms with Crippen molar-refractivity contribution >= 4 is 17.0 Å². The summed E-state index contributed by atoms with van der Waals surface area (Å²) in [6.07, 6.45) is 0. The van der Waals surface area contributed by atoms with E-state index in [9.17, 15) is 0 Å². The van der Waals surface area contributed by atoms with Crippen LogP contribution in [0.2, 0.25) is 0 Å². The third-order valence-electron chi connectivity index (χ3n) is 3.08. The van der Waals surface area contributed by atoms with Crippen LogP contribution in [0.5, 0.6) is 11.5 Å². The highest BCUT2D eigenvalue weighted by atomic mass is 32.1. The van der Waals surface area contributed by atoms with Crippen molar-refractivity contribution in [3.05, 3.63) is 76.5 Å². The van der Waals surface area contributed by atoms with Crippen molar-refractivity contribution in [1.82, 2.24) is 0 Å². The van der Waals surface area contributed by atoms with Crippen molar-refractivity contribution in [2.24, 2.45) is 0 Å². The molecule has 0 spiro atoms. The fourth-order valence-corrected chi connectivity index (χ4v) is 2.89. The smallest absolute Gasteiger partial charge is 0.129 e. The Kier molecular flexibility index (Phi) is 4.22. The van der Waals surface area contributed by atoms with Crippen LogP contribution in [0.25, 0.3) is 0 Å². The molecular weight excluding hydrogens is 278 g/mol. The Hall–Kier alpha value is -2.26. The highest BCUT2D eigenvalue weighted by Gasteiger charge is 2.00. The molecular formula is C18H17NOS. The molecule has 0 aliphatic heterocycles. The Balaban J connectivity index is 1.65. The van der Waals surface area contributed by atoms with E-state index in [0.29, 0.717) is 0 Å². The van der Waals surface area contributed by atoms with Gasteiger partial charge < -0.3 is 10.1 Å². The number of anilines is 1. The van der Waals surface area contributed by atoms with E-state index in [0.717, 1.165) is 23.7 Å². The van der Waals surface area contributed by atoms with Gasteiger partial charge in [-0.25, -0.2) is 0 Å². The van der Waals surface area contributed by atoms with Gasteiger partial charge >= 0.3 is 0 Å². The minimum Gasteiger partial charge on any atom is -0.457 e. The highest BCUT2D eigenvalue weighted by Crippen LogP contribution is 2.24. The molecule has 0 fully saturated rings. The molecule has 1 aromatic heterocycles. The van der Waals surface area contributed by atoms with E-state index in [2.05, 4.69) is 30.4 Å². The molecule has 2 aromatic carbocycles. The maximum absolute atomic E-state index is 5.84. The summed E-state index contributed by atoms with van der Waals surface area (Å²) in [7, 11) is 0. The Bertz CT molecular complexity index is 706. The van der Waals surface area contributed by atoms with E-state index in [1.165, 1.54) is 9.75 Å². The summed E-state index contributed by atoms with van der Waals surface area (Å²) >= 11 is 1.82. The number of para-hydroxylation sites is 1. The van der Waals surface area contributed by atoms with Crippen LogP contribution in [0.4, 0.5) is 5.69 Å². The molecule has 0 aliphatic rings. The van der Waals surface area contributed by atoms with Gasteiger partial charge in [-0.05, 0) is 43.3 Å². The first-order valence-corrected chi connectivity index (χ1v) is 7.73. The zero-order valence-electron chi connectivity index (χ0n) is 11.9. The van der Waals surface area contributed by atoms with Gasteiger partial charge in [0.15, 0.2) is 0 Å². The summed E-state index contributed by atoms with van der Waals surface area (Å²) in [5.41, 5.74) is 1.06. The molecule has 1 N–H and O–H groups in total. The quantitative estimate of drug-likeness (QED) is 0.674. The highest BCUT2D eigenvalue weighted by molar-refractivity contribution is 7.11. The number of benzene rings is 2. The number of rotatable bonds is 5. The lowest BCUT2D eigenvalue weighted by molar-refractivity contribution is 0.483. The molecule has 21 heavy (non-hydrogen) atoms. The van der Waals surface area contributed by atoms with Crippen LogP contribution in [0.15, 0.2) is 66.7 Å². The van der Waals surface area contributed by atoms with Crippen molar-refractivity contribution in [3.63, 3.8) is 0 Å². The molecule has 106 valence electrons. The zero-order valence-corrected chi connectivity index (χ0v) is 12.7.